The van der Waals surface area contributed by atoms with Crippen LogP contribution in [0.15, 0.2) is 279 Å². The van der Waals surface area contributed by atoms with Crippen molar-refractivity contribution in [1.29, 1.82) is 0 Å². The number of rotatable bonds is 9. The van der Waals surface area contributed by atoms with Crippen LogP contribution in [0.1, 0.15) is 22.3 Å². The van der Waals surface area contributed by atoms with Crippen LogP contribution in [-0.2, 0) is 5.41 Å². The minimum atomic E-state index is -0.585. The van der Waals surface area contributed by atoms with Gasteiger partial charge in [0.15, 0.2) is 0 Å². The normalized spacial score (nSPS) is 13.9. The van der Waals surface area contributed by atoms with Gasteiger partial charge in [0.2, 0.25) is 0 Å². The number of hydrogen-bond acceptors (Lipinski definition) is 2. The molecule has 11 aromatic rings. The van der Waals surface area contributed by atoms with Gasteiger partial charge in [-0.15, -0.1) is 0 Å². The van der Waals surface area contributed by atoms with Crippen LogP contribution in [0.4, 0.5) is 34.1 Å². The van der Waals surface area contributed by atoms with Crippen molar-refractivity contribution in [2.24, 2.45) is 0 Å². The van der Waals surface area contributed by atoms with Gasteiger partial charge in [-0.3, -0.25) is 0 Å². The first kappa shape index (κ1) is 40.3. The van der Waals surface area contributed by atoms with Gasteiger partial charge in [0, 0.05) is 34.0 Å². The number of para-hydroxylation sites is 1. The lowest BCUT2D eigenvalue weighted by Gasteiger charge is -2.33. The molecule has 2 aliphatic carbocycles. The summed E-state index contributed by atoms with van der Waals surface area (Å²) < 4.78 is 0. The van der Waals surface area contributed by atoms with Crippen molar-refractivity contribution in [2.75, 3.05) is 9.80 Å². The maximum Gasteiger partial charge on any atom is 0.0727 e. The number of anilines is 6. The Morgan fingerprint density at radius 3 is 1.23 bits per heavy atom. The molecule has 0 saturated heterocycles. The van der Waals surface area contributed by atoms with Gasteiger partial charge in [0.1, 0.15) is 0 Å². The van der Waals surface area contributed by atoms with Gasteiger partial charge < -0.3 is 9.80 Å². The summed E-state index contributed by atoms with van der Waals surface area (Å²) in [7, 11) is 0. The summed E-state index contributed by atoms with van der Waals surface area (Å²) in [4.78, 5) is 4.88. The zero-order valence-electron chi connectivity index (χ0n) is 38.0. The van der Waals surface area contributed by atoms with Crippen molar-refractivity contribution in [3.8, 4) is 55.6 Å². The van der Waals surface area contributed by atoms with E-state index in [1.165, 1.54) is 77.9 Å². The third-order valence-electron chi connectivity index (χ3n) is 14.3. The van der Waals surface area contributed by atoms with E-state index in [1.807, 2.05) is 0 Å². The van der Waals surface area contributed by atoms with Gasteiger partial charge in [-0.25, -0.2) is 0 Å². The summed E-state index contributed by atoms with van der Waals surface area (Å²) >= 11 is 0. The SMILES string of the molecule is c1ccc(-c2ccc(N(c3ccccc3)c3ccc4c(c3)C3(c5ccccc5-4)c4ccccc4-c4c(N(c5ccc(-c6ccccc6)cc5)c5cccc(-c6ccccc6)c5)cccc43)cc2)cc1. The van der Waals surface area contributed by atoms with Crippen molar-refractivity contribution < 1.29 is 0 Å². The molecule has 0 bridgehead atoms. The number of benzene rings is 11. The fourth-order valence-corrected chi connectivity index (χ4v) is 11.3. The Balaban J connectivity index is 1.03. The molecule has 13 rings (SSSR count). The maximum absolute atomic E-state index is 2.48. The first-order valence-corrected chi connectivity index (χ1v) is 23.8. The molecule has 0 aromatic heterocycles. The summed E-state index contributed by atoms with van der Waals surface area (Å²) in [5, 5.41) is 0. The van der Waals surface area contributed by atoms with Crippen LogP contribution in [-0.4, -0.2) is 0 Å². The third-order valence-corrected chi connectivity index (χ3v) is 14.3. The van der Waals surface area contributed by atoms with Gasteiger partial charge in [0.25, 0.3) is 0 Å². The summed E-state index contributed by atoms with van der Waals surface area (Å²) in [5.41, 5.74) is 23.4. The van der Waals surface area contributed by atoms with Gasteiger partial charge in [-0.2, -0.15) is 0 Å². The molecule has 0 fully saturated rings. The molecule has 69 heavy (non-hydrogen) atoms. The summed E-state index contributed by atoms with van der Waals surface area (Å²) in [6, 6.07) is 102. The van der Waals surface area contributed by atoms with E-state index >= 15 is 0 Å². The van der Waals surface area contributed by atoms with Crippen LogP contribution in [0.2, 0.25) is 0 Å². The smallest absolute Gasteiger partial charge is 0.0727 e. The molecule has 2 aliphatic rings. The first-order valence-electron chi connectivity index (χ1n) is 23.8. The second kappa shape index (κ2) is 16.7. The summed E-state index contributed by atoms with van der Waals surface area (Å²) in [5.74, 6) is 0. The maximum atomic E-state index is 2.48. The molecule has 1 spiro atoms. The molecule has 0 amide bonds. The van der Waals surface area contributed by atoms with Crippen molar-refractivity contribution in [3.05, 3.63) is 301 Å². The second-order valence-corrected chi connectivity index (χ2v) is 18.0. The molecule has 0 aliphatic heterocycles. The lowest BCUT2D eigenvalue weighted by atomic mass is 9.70. The summed E-state index contributed by atoms with van der Waals surface area (Å²) in [6.45, 7) is 0. The largest absolute Gasteiger partial charge is 0.310 e. The van der Waals surface area contributed by atoms with Crippen LogP contribution in [0, 0.1) is 0 Å². The van der Waals surface area contributed by atoms with Crippen molar-refractivity contribution in [3.63, 3.8) is 0 Å². The van der Waals surface area contributed by atoms with Crippen LogP contribution in [0.3, 0.4) is 0 Å². The highest BCUT2D eigenvalue weighted by atomic mass is 15.2. The Hall–Kier alpha value is -8.98. The highest BCUT2D eigenvalue weighted by molar-refractivity contribution is 6.02. The van der Waals surface area contributed by atoms with E-state index in [1.54, 1.807) is 0 Å². The fraction of sp³-hybridized carbons (Fsp3) is 0.0149. The number of hydrogen-bond donors (Lipinski definition) is 0. The van der Waals surface area contributed by atoms with Crippen LogP contribution in [0.25, 0.3) is 55.6 Å². The summed E-state index contributed by atoms with van der Waals surface area (Å²) in [6.07, 6.45) is 0. The Bertz CT molecular complexity index is 3640. The monoisotopic (exact) mass is 878 g/mol. The first-order chi connectivity index (χ1) is 34.2. The molecule has 0 radical (unpaired) electrons. The highest BCUT2D eigenvalue weighted by Crippen LogP contribution is 2.65. The quantitative estimate of drug-likeness (QED) is 0.143. The topological polar surface area (TPSA) is 6.48 Å². The van der Waals surface area contributed by atoms with Gasteiger partial charge in [-0.05, 0) is 139 Å². The molecule has 0 heterocycles. The zero-order valence-corrected chi connectivity index (χ0v) is 38.0. The average molecular weight is 879 g/mol. The minimum Gasteiger partial charge on any atom is -0.310 e. The lowest BCUT2D eigenvalue weighted by Crippen LogP contribution is -2.26. The molecule has 2 nitrogen and oxygen atoms in total. The van der Waals surface area contributed by atoms with E-state index in [9.17, 15) is 0 Å². The van der Waals surface area contributed by atoms with E-state index in [0.29, 0.717) is 0 Å². The molecule has 11 aromatic carbocycles. The van der Waals surface area contributed by atoms with E-state index in [-0.39, 0.29) is 0 Å². The molecule has 1 unspecified atom stereocenters. The fourth-order valence-electron chi connectivity index (χ4n) is 11.3. The molecule has 1 atom stereocenters. The predicted octanol–water partition coefficient (Wildman–Crippen LogP) is 18.0. The predicted molar refractivity (Wildman–Crippen MR) is 288 cm³/mol. The number of nitrogens with zero attached hydrogens (tertiary/aromatic N) is 2. The lowest BCUT2D eigenvalue weighted by molar-refractivity contribution is 0.793. The van der Waals surface area contributed by atoms with Crippen molar-refractivity contribution in [1.82, 2.24) is 0 Å². The van der Waals surface area contributed by atoms with Crippen molar-refractivity contribution >= 4 is 34.1 Å². The second-order valence-electron chi connectivity index (χ2n) is 18.0. The van der Waals surface area contributed by atoms with E-state index in [0.717, 1.165) is 34.1 Å². The molecule has 0 saturated carbocycles. The van der Waals surface area contributed by atoms with Gasteiger partial charge >= 0.3 is 0 Å². The third kappa shape index (κ3) is 6.64. The molecule has 0 N–H and O–H groups in total. The van der Waals surface area contributed by atoms with Crippen LogP contribution < -0.4 is 9.80 Å². The molecular formula is C67H46N2. The van der Waals surface area contributed by atoms with Gasteiger partial charge in [0.05, 0.1) is 11.1 Å². The Morgan fingerprint density at radius 2 is 0.609 bits per heavy atom. The van der Waals surface area contributed by atoms with Crippen LogP contribution >= 0.6 is 0 Å². The van der Waals surface area contributed by atoms with Crippen LogP contribution in [0.5, 0.6) is 0 Å². The number of fused-ring (bicyclic) bond motifs is 10. The van der Waals surface area contributed by atoms with E-state index in [4.69, 9.17) is 0 Å². The van der Waals surface area contributed by atoms with Gasteiger partial charge in [-0.1, -0.05) is 212 Å². The highest BCUT2D eigenvalue weighted by Gasteiger charge is 2.52. The van der Waals surface area contributed by atoms with E-state index < -0.39 is 5.41 Å². The van der Waals surface area contributed by atoms with E-state index in [2.05, 4.69) is 289 Å². The molecule has 324 valence electrons. The Morgan fingerprint density at radius 1 is 0.217 bits per heavy atom. The molecule has 2 heteroatoms. The Kier molecular flexibility index (Phi) is 9.77. The Labute approximate surface area is 404 Å². The molecular weight excluding hydrogens is 833 g/mol. The zero-order chi connectivity index (χ0) is 45.7. The minimum absolute atomic E-state index is 0.585. The average Bonchev–Trinajstić information content (AvgIpc) is 3.90. The van der Waals surface area contributed by atoms with Crippen molar-refractivity contribution in [2.45, 2.75) is 5.41 Å². The standard InChI is InChI=1S/C67H46N2/c1-5-19-47(20-6-1)50-35-39-54(40-36-50)68(53-26-11-4-12-27-53)57-43-44-59-58-29-13-15-31-61(58)67(64(59)46-57)62-32-16-14-30-60(62)66-63(67)33-18-34-65(66)69(55-41-37-51(38-42-55)48-21-7-2-8-22-48)56-28-17-25-52(45-56)49-23-9-3-10-24-49/h1-46H.